The van der Waals surface area contributed by atoms with Crippen LogP contribution in [0.2, 0.25) is 0 Å². The fraction of sp³-hybridized carbons (Fsp3) is 0.250. The summed E-state index contributed by atoms with van der Waals surface area (Å²) in [6.45, 7) is 1.96. The number of aryl methyl sites for hydroxylation is 1. The van der Waals surface area contributed by atoms with Gasteiger partial charge in [0.2, 0.25) is 5.91 Å². The quantitative estimate of drug-likeness (QED) is 0.422. The zero-order valence-electron chi connectivity index (χ0n) is 18.2. The van der Waals surface area contributed by atoms with Gasteiger partial charge in [-0.1, -0.05) is 24.3 Å². The zero-order chi connectivity index (χ0) is 24.3. The predicted octanol–water partition coefficient (Wildman–Crippen LogP) is 5.89. The van der Waals surface area contributed by atoms with Gasteiger partial charge in [0.25, 0.3) is 0 Å². The number of aromatic nitrogens is 3. The normalized spacial score (nSPS) is 14.3. The van der Waals surface area contributed by atoms with Crippen LogP contribution in [0.15, 0.2) is 53.2 Å². The minimum Gasteiger partial charge on any atom is -0.324 e. The van der Waals surface area contributed by atoms with E-state index in [1.807, 2.05) is 31.2 Å². The molecule has 2 heterocycles. The number of hydrogen-bond acceptors (Lipinski definition) is 4. The molecule has 1 saturated carbocycles. The number of anilines is 1. The summed E-state index contributed by atoms with van der Waals surface area (Å²) in [5.74, 6) is 0.0832. The Morgan fingerprint density at radius 3 is 2.71 bits per heavy atom. The van der Waals surface area contributed by atoms with Gasteiger partial charge >= 0.3 is 6.18 Å². The molecule has 2 aromatic heterocycles. The molecule has 0 radical (unpaired) electrons. The second-order valence-corrected chi connectivity index (χ2v) is 8.26. The second-order valence-electron chi connectivity index (χ2n) is 8.07. The molecular weight excluding hydrogens is 467 g/mol. The van der Waals surface area contributed by atoms with E-state index in [2.05, 4.69) is 19.9 Å². The Morgan fingerprint density at radius 1 is 1.26 bits per heavy atom. The van der Waals surface area contributed by atoms with Gasteiger partial charge in [0.05, 0.1) is 18.3 Å². The molecule has 6 nitrogen and oxygen atoms in total. The first kappa shape index (κ1) is 23.7. The molecule has 4 rings (SSSR count). The predicted molar refractivity (Wildman–Crippen MR) is 125 cm³/mol. The van der Waals surface area contributed by atoms with E-state index in [1.165, 1.54) is 17.1 Å². The molecule has 10 heteroatoms. The number of allylic oxidation sites excluding steroid dienone is 1. The molecule has 0 bridgehead atoms. The Balaban J connectivity index is 1.45. The van der Waals surface area contributed by atoms with E-state index in [-0.39, 0.29) is 24.1 Å². The molecule has 1 aliphatic rings. The number of benzene rings is 1. The van der Waals surface area contributed by atoms with Crippen molar-refractivity contribution < 1.29 is 18.0 Å². The van der Waals surface area contributed by atoms with E-state index < -0.39 is 11.9 Å². The Labute approximate surface area is 199 Å². The molecule has 0 saturated heterocycles. The van der Waals surface area contributed by atoms with E-state index in [9.17, 15) is 18.0 Å². The Hall–Kier alpha value is -3.46. The van der Waals surface area contributed by atoms with Crippen molar-refractivity contribution in [1.82, 2.24) is 14.8 Å². The van der Waals surface area contributed by atoms with Crippen molar-refractivity contribution in [2.45, 2.75) is 38.3 Å². The highest BCUT2D eigenvalue weighted by atomic mass is 35.5. The van der Waals surface area contributed by atoms with Crippen molar-refractivity contribution in [3.05, 3.63) is 76.7 Å². The highest BCUT2D eigenvalue weighted by molar-refractivity contribution is 6.18. The van der Waals surface area contributed by atoms with Crippen LogP contribution >= 0.6 is 11.8 Å². The SMILES string of the molecule is Cc1ccc(CC(=O)Nc2ccc(-n3nc(C(F)(F)F)cc3C3CC3)nc2)cc1/C=C\C=NCl. The first-order chi connectivity index (χ1) is 16.2. The summed E-state index contributed by atoms with van der Waals surface area (Å²) in [5.41, 5.74) is 2.81. The standard InChI is InChI=1S/C24H21ClF3N5O/c1-15-4-5-16(11-18(15)3-2-10-30-25)12-23(34)31-19-8-9-22(29-14-19)33-20(17-6-7-17)13-21(32-33)24(26,27)28/h2-5,8-11,13-14,17H,6-7,12H2,1H3,(H,31,34)/b3-2-,30-10?. The fourth-order valence-corrected chi connectivity index (χ4v) is 3.59. The minimum atomic E-state index is -4.52. The molecule has 0 aliphatic heterocycles. The monoisotopic (exact) mass is 487 g/mol. The van der Waals surface area contributed by atoms with Crippen LogP contribution in [0, 0.1) is 6.92 Å². The minimum absolute atomic E-state index is 0.0567. The summed E-state index contributed by atoms with van der Waals surface area (Å²) in [4.78, 5) is 16.7. The number of alkyl halides is 3. The van der Waals surface area contributed by atoms with Gasteiger partial charge in [0.15, 0.2) is 11.5 Å². The fourth-order valence-electron chi connectivity index (χ4n) is 3.52. The number of nitrogens with one attached hydrogen (secondary N) is 1. The van der Waals surface area contributed by atoms with Gasteiger partial charge in [-0.15, -0.1) is 0 Å². The van der Waals surface area contributed by atoms with Crippen LogP contribution in [-0.4, -0.2) is 26.9 Å². The maximum Gasteiger partial charge on any atom is 0.435 e. The van der Waals surface area contributed by atoms with Crippen LogP contribution in [0.3, 0.4) is 0 Å². The van der Waals surface area contributed by atoms with Crippen molar-refractivity contribution in [3.8, 4) is 5.82 Å². The molecule has 0 unspecified atom stereocenters. The van der Waals surface area contributed by atoms with Crippen LogP contribution in [-0.2, 0) is 17.4 Å². The Bertz CT molecular complexity index is 1240. The summed E-state index contributed by atoms with van der Waals surface area (Å²) in [5, 5.41) is 6.49. The van der Waals surface area contributed by atoms with Gasteiger partial charge in [0.1, 0.15) is 0 Å². The molecule has 0 atom stereocenters. The van der Waals surface area contributed by atoms with Crippen LogP contribution in [0.5, 0.6) is 0 Å². The van der Waals surface area contributed by atoms with Crippen LogP contribution < -0.4 is 5.32 Å². The molecule has 1 N–H and O–H groups in total. The topological polar surface area (TPSA) is 72.2 Å². The lowest BCUT2D eigenvalue weighted by Crippen LogP contribution is -2.15. The molecular formula is C24H21ClF3N5O. The largest absolute Gasteiger partial charge is 0.435 e. The van der Waals surface area contributed by atoms with Crippen molar-refractivity contribution in [2.24, 2.45) is 4.51 Å². The Kier molecular flexibility index (Phi) is 6.83. The molecule has 1 amide bonds. The second kappa shape index (κ2) is 9.80. The van der Waals surface area contributed by atoms with Crippen molar-refractivity contribution >= 4 is 35.7 Å². The summed E-state index contributed by atoms with van der Waals surface area (Å²) < 4.78 is 44.0. The maximum absolute atomic E-state index is 13.1. The van der Waals surface area contributed by atoms with E-state index in [0.717, 1.165) is 35.6 Å². The number of carbonyl (C=O) groups excluding carboxylic acids is 1. The lowest BCUT2D eigenvalue weighted by molar-refractivity contribution is -0.141. The van der Waals surface area contributed by atoms with E-state index in [1.54, 1.807) is 18.2 Å². The van der Waals surface area contributed by atoms with Crippen LogP contribution in [0.4, 0.5) is 18.9 Å². The highest BCUT2D eigenvalue weighted by Crippen LogP contribution is 2.42. The number of amides is 1. The van der Waals surface area contributed by atoms with Crippen LogP contribution in [0.1, 0.15) is 46.8 Å². The first-order valence-corrected chi connectivity index (χ1v) is 10.9. The number of carbonyl (C=O) groups is 1. The number of nitrogens with zero attached hydrogens (tertiary/aromatic N) is 4. The van der Waals surface area contributed by atoms with Gasteiger partial charge in [-0.05, 0) is 60.7 Å². The number of rotatable bonds is 7. The third-order valence-corrected chi connectivity index (χ3v) is 5.51. The van der Waals surface area contributed by atoms with Crippen molar-refractivity contribution in [2.75, 3.05) is 5.32 Å². The summed E-state index contributed by atoms with van der Waals surface area (Å²) in [6, 6.07) is 9.93. The summed E-state index contributed by atoms with van der Waals surface area (Å²) >= 11 is 5.28. The summed E-state index contributed by atoms with van der Waals surface area (Å²) in [6.07, 6.45) is 3.70. The van der Waals surface area contributed by atoms with E-state index in [4.69, 9.17) is 11.8 Å². The van der Waals surface area contributed by atoms with Crippen molar-refractivity contribution in [3.63, 3.8) is 0 Å². The maximum atomic E-state index is 13.1. The molecule has 3 aromatic rings. The molecule has 0 spiro atoms. The van der Waals surface area contributed by atoms with E-state index >= 15 is 0 Å². The lowest BCUT2D eigenvalue weighted by Gasteiger charge is -2.09. The third kappa shape index (κ3) is 5.72. The number of halogens is 4. The smallest absolute Gasteiger partial charge is 0.324 e. The molecule has 1 aromatic carbocycles. The van der Waals surface area contributed by atoms with E-state index in [0.29, 0.717) is 11.4 Å². The third-order valence-electron chi connectivity index (χ3n) is 5.40. The molecule has 1 fully saturated rings. The van der Waals surface area contributed by atoms with Gasteiger partial charge in [-0.2, -0.15) is 22.8 Å². The Morgan fingerprint density at radius 2 is 2.06 bits per heavy atom. The number of pyridine rings is 1. The van der Waals surface area contributed by atoms with Gasteiger partial charge in [-0.25, -0.2) is 9.67 Å². The van der Waals surface area contributed by atoms with Gasteiger partial charge < -0.3 is 5.32 Å². The first-order valence-electron chi connectivity index (χ1n) is 10.6. The summed E-state index contributed by atoms with van der Waals surface area (Å²) in [7, 11) is 0. The van der Waals surface area contributed by atoms with Crippen molar-refractivity contribution in [1.29, 1.82) is 0 Å². The average Bonchev–Trinajstić information content (AvgIpc) is 3.53. The van der Waals surface area contributed by atoms with Gasteiger partial charge in [0, 0.05) is 29.6 Å². The zero-order valence-corrected chi connectivity index (χ0v) is 18.9. The number of hydrogen-bond donors (Lipinski definition) is 1. The van der Waals surface area contributed by atoms with Gasteiger partial charge in [-0.3, -0.25) is 4.79 Å². The molecule has 176 valence electrons. The average molecular weight is 488 g/mol. The molecule has 1 aliphatic carbocycles. The molecule has 34 heavy (non-hydrogen) atoms. The van der Waals surface area contributed by atoms with Crippen LogP contribution in [0.25, 0.3) is 11.9 Å². The highest BCUT2D eigenvalue weighted by Gasteiger charge is 2.38. The lowest BCUT2D eigenvalue weighted by atomic mass is 10.0.